The summed E-state index contributed by atoms with van der Waals surface area (Å²) in [6, 6.07) is 6.96. The third-order valence-electron chi connectivity index (χ3n) is 2.91. The molecular formula is C12H14N2O3. The van der Waals surface area contributed by atoms with Gasteiger partial charge in [-0.15, -0.1) is 0 Å². The summed E-state index contributed by atoms with van der Waals surface area (Å²) in [6.45, 7) is 2.87. The molecule has 1 unspecified atom stereocenters. The molecule has 0 bridgehead atoms. The molecule has 2 amide bonds. The number of carbonyl (C=O) groups excluding carboxylic acids is 1. The average Bonchev–Trinajstić information content (AvgIpc) is 2.74. The van der Waals surface area contributed by atoms with Crippen LogP contribution < -0.4 is 10.2 Å². The first-order chi connectivity index (χ1) is 8.09. The second kappa shape index (κ2) is 4.45. The predicted molar refractivity (Wildman–Crippen MR) is 63.2 cm³/mol. The van der Waals surface area contributed by atoms with Gasteiger partial charge >= 0.3 is 12.0 Å². The fourth-order valence-corrected chi connectivity index (χ4v) is 1.82. The molecule has 1 aromatic rings. The zero-order valence-corrected chi connectivity index (χ0v) is 9.51. The predicted octanol–water partition coefficient (Wildman–Crippen LogP) is 1.40. The Hall–Kier alpha value is -2.04. The molecule has 0 aromatic heterocycles. The van der Waals surface area contributed by atoms with Crippen molar-refractivity contribution in [3.05, 3.63) is 29.8 Å². The van der Waals surface area contributed by atoms with Crippen LogP contribution in [0.15, 0.2) is 24.3 Å². The number of carboxylic acids is 1. The molecule has 1 aliphatic rings. The van der Waals surface area contributed by atoms with Gasteiger partial charge in [0.05, 0.1) is 5.92 Å². The number of carbonyl (C=O) groups is 2. The maximum Gasteiger partial charge on any atom is 0.321 e. The summed E-state index contributed by atoms with van der Waals surface area (Å²) in [5.41, 5.74) is 1.44. The molecule has 1 saturated heterocycles. The van der Waals surface area contributed by atoms with Crippen LogP contribution in [0, 0.1) is 0 Å². The van der Waals surface area contributed by atoms with Crippen LogP contribution in [0.1, 0.15) is 18.4 Å². The molecule has 5 heteroatoms. The van der Waals surface area contributed by atoms with E-state index in [1.54, 1.807) is 30.0 Å². The fraction of sp³-hybridized carbons (Fsp3) is 0.333. The first-order valence-electron chi connectivity index (χ1n) is 5.47. The third kappa shape index (κ3) is 2.22. The van der Waals surface area contributed by atoms with E-state index in [4.69, 9.17) is 5.11 Å². The van der Waals surface area contributed by atoms with Gasteiger partial charge in [-0.1, -0.05) is 12.1 Å². The molecular weight excluding hydrogens is 220 g/mol. The smallest absolute Gasteiger partial charge is 0.321 e. The van der Waals surface area contributed by atoms with Gasteiger partial charge in [0, 0.05) is 18.8 Å². The lowest BCUT2D eigenvalue weighted by Gasteiger charge is -2.16. The van der Waals surface area contributed by atoms with Gasteiger partial charge < -0.3 is 10.4 Å². The van der Waals surface area contributed by atoms with Gasteiger partial charge in [-0.2, -0.15) is 0 Å². The molecule has 1 fully saturated rings. The topological polar surface area (TPSA) is 69.6 Å². The number of aliphatic carboxylic acids is 1. The molecule has 1 aliphatic heterocycles. The molecule has 0 aliphatic carbocycles. The first-order valence-corrected chi connectivity index (χ1v) is 5.47. The number of nitrogens with zero attached hydrogens (tertiary/aromatic N) is 1. The van der Waals surface area contributed by atoms with Gasteiger partial charge in [-0.05, 0) is 24.6 Å². The van der Waals surface area contributed by atoms with Gasteiger partial charge in [0.1, 0.15) is 0 Å². The average molecular weight is 234 g/mol. The molecule has 5 nitrogen and oxygen atoms in total. The molecule has 90 valence electrons. The number of anilines is 1. The minimum atomic E-state index is -0.868. The zero-order valence-electron chi connectivity index (χ0n) is 9.51. The van der Waals surface area contributed by atoms with Gasteiger partial charge in [-0.3, -0.25) is 9.69 Å². The maximum absolute atomic E-state index is 11.5. The Balaban J connectivity index is 2.28. The summed E-state index contributed by atoms with van der Waals surface area (Å²) in [6.07, 6.45) is 0. The second-order valence-electron chi connectivity index (χ2n) is 4.04. The largest absolute Gasteiger partial charge is 0.481 e. The Labute approximate surface area is 99.0 Å². The monoisotopic (exact) mass is 234 g/mol. The molecule has 17 heavy (non-hydrogen) atoms. The van der Waals surface area contributed by atoms with Gasteiger partial charge in [0.15, 0.2) is 0 Å². The van der Waals surface area contributed by atoms with Gasteiger partial charge in [-0.25, -0.2) is 4.79 Å². The van der Waals surface area contributed by atoms with E-state index in [9.17, 15) is 9.59 Å². The maximum atomic E-state index is 11.5. The van der Waals surface area contributed by atoms with Crippen LogP contribution in [0.4, 0.5) is 10.5 Å². The number of rotatable bonds is 3. The van der Waals surface area contributed by atoms with E-state index in [1.807, 2.05) is 6.07 Å². The zero-order chi connectivity index (χ0) is 12.4. The summed E-state index contributed by atoms with van der Waals surface area (Å²) < 4.78 is 0. The summed E-state index contributed by atoms with van der Waals surface area (Å²) in [4.78, 5) is 24.0. The van der Waals surface area contributed by atoms with Crippen molar-refractivity contribution in [2.45, 2.75) is 12.8 Å². The molecule has 0 radical (unpaired) electrons. The number of amides is 2. The number of benzene rings is 1. The van der Waals surface area contributed by atoms with Crippen LogP contribution in [0.3, 0.4) is 0 Å². The van der Waals surface area contributed by atoms with Crippen molar-refractivity contribution in [3.63, 3.8) is 0 Å². The highest BCUT2D eigenvalue weighted by atomic mass is 16.4. The number of urea groups is 1. The van der Waals surface area contributed by atoms with Crippen molar-refractivity contribution in [2.75, 3.05) is 18.0 Å². The van der Waals surface area contributed by atoms with Crippen LogP contribution in [-0.4, -0.2) is 30.2 Å². The van der Waals surface area contributed by atoms with Crippen LogP contribution in [-0.2, 0) is 4.79 Å². The van der Waals surface area contributed by atoms with E-state index in [0.29, 0.717) is 18.7 Å². The minimum Gasteiger partial charge on any atom is -0.481 e. The van der Waals surface area contributed by atoms with Crippen LogP contribution in [0.5, 0.6) is 0 Å². The lowest BCUT2D eigenvalue weighted by Crippen LogP contribution is -2.27. The van der Waals surface area contributed by atoms with E-state index >= 15 is 0 Å². The Morgan fingerprint density at radius 1 is 1.53 bits per heavy atom. The number of hydrogen-bond donors (Lipinski definition) is 2. The molecule has 0 saturated carbocycles. The number of carboxylic acid groups (broad SMARTS) is 1. The van der Waals surface area contributed by atoms with Crippen molar-refractivity contribution in [3.8, 4) is 0 Å². The van der Waals surface area contributed by atoms with E-state index in [2.05, 4.69) is 5.32 Å². The normalized spacial score (nSPS) is 16.8. The highest BCUT2D eigenvalue weighted by Crippen LogP contribution is 2.23. The Bertz CT molecular complexity index is 459. The summed E-state index contributed by atoms with van der Waals surface area (Å²) in [5.74, 6) is -1.44. The first kappa shape index (κ1) is 11.4. The molecule has 2 rings (SSSR count). The molecule has 1 heterocycles. The van der Waals surface area contributed by atoms with E-state index in [0.717, 1.165) is 5.69 Å². The summed E-state index contributed by atoms with van der Waals surface area (Å²) >= 11 is 0. The lowest BCUT2D eigenvalue weighted by atomic mass is 10.0. The SMILES string of the molecule is CC(C(=O)O)c1cccc(N2CCNC2=O)c1. The van der Waals surface area contributed by atoms with Crippen LogP contribution in [0.25, 0.3) is 0 Å². The molecule has 2 N–H and O–H groups in total. The summed E-state index contributed by atoms with van der Waals surface area (Å²) in [7, 11) is 0. The van der Waals surface area contributed by atoms with Crippen molar-refractivity contribution < 1.29 is 14.7 Å². The van der Waals surface area contributed by atoms with Crippen LogP contribution >= 0.6 is 0 Å². The Kier molecular flexibility index (Phi) is 2.99. The highest BCUT2D eigenvalue weighted by Gasteiger charge is 2.22. The molecule has 1 aromatic carbocycles. The highest BCUT2D eigenvalue weighted by molar-refractivity contribution is 5.94. The molecule has 0 spiro atoms. The Morgan fingerprint density at radius 2 is 2.29 bits per heavy atom. The van der Waals surface area contributed by atoms with Crippen molar-refractivity contribution >= 4 is 17.7 Å². The van der Waals surface area contributed by atoms with Crippen molar-refractivity contribution in [2.24, 2.45) is 0 Å². The standard InChI is InChI=1S/C12H14N2O3/c1-8(11(15)16)9-3-2-4-10(7-9)14-6-5-13-12(14)17/h2-4,7-8H,5-6H2,1H3,(H,13,17)(H,15,16). The quantitative estimate of drug-likeness (QED) is 0.830. The van der Waals surface area contributed by atoms with E-state index in [1.165, 1.54) is 0 Å². The second-order valence-corrected chi connectivity index (χ2v) is 4.04. The summed E-state index contributed by atoms with van der Waals surface area (Å²) in [5, 5.41) is 11.7. The van der Waals surface area contributed by atoms with E-state index in [-0.39, 0.29) is 6.03 Å². The number of nitrogens with one attached hydrogen (secondary N) is 1. The van der Waals surface area contributed by atoms with Gasteiger partial charge in [0.25, 0.3) is 0 Å². The number of hydrogen-bond acceptors (Lipinski definition) is 2. The van der Waals surface area contributed by atoms with E-state index < -0.39 is 11.9 Å². The van der Waals surface area contributed by atoms with Crippen molar-refractivity contribution in [1.29, 1.82) is 0 Å². The Morgan fingerprint density at radius 3 is 2.88 bits per heavy atom. The van der Waals surface area contributed by atoms with Crippen LogP contribution in [0.2, 0.25) is 0 Å². The van der Waals surface area contributed by atoms with Gasteiger partial charge in [0.2, 0.25) is 0 Å². The third-order valence-corrected chi connectivity index (χ3v) is 2.91. The minimum absolute atomic E-state index is 0.134. The fourth-order valence-electron chi connectivity index (χ4n) is 1.82. The van der Waals surface area contributed by atoms with Crippen molar-refractivity contribution in [1.82, 2.24) is 5.32 Å². The molecule has 1 atom stereocenters. The lowest BCUT2D eigenvalue weighted by molar-refractivity contribution is -0.138.